The number of primary amides is 1. The number of rotatable bonds is 8. The first-order valence-electron chi connectivity index (χ1n) is 15.1. The van der Waals surface area contributed by atoms with Crippen LogP contribution in [0, 0.1) is 0 Å². The topological polar surface area (TPSA) is 186 Å². The van der Waals surface area contributed by atoms with Gasteiger partial charge in [0, 0.05) is 49.0 Å². The van der Waals surface area contributed by atoms with E-state index in [4.69, 9.17) is 10.5 Å². The highest BCUT2D eigenvalue weighted by atomic mass is 16.5. The van der Waals surface area contributed by atoms with Gasteiger partial charge in [0.2, 0.25) is 5.95 Å². The second-order valence-corrected chi connectivity index (χ2v) is 11.5. The summed E-state index contributed by atoms with van der Waals surface area (Å²) in [5.74, 6) is -0.578. The molecule has 3 aliphatic rings. The summed E-state index contributed by atoms with van der Waals surface area (Å²) in [4.78, 5) is 46.4. The Hall–Kier alpha value is -5.18. The highest BCUT2D eigenvalue weighted by molar-refractivity contribution is 5.98. The number of anilines is 3. The van der Waals surface area contributed by atoms with Crippen molar-refractivity contribution in [1.29, 1.82) is 0 Å². The van der Waals surface area contributed by atoms with Gasteiger partial charge in [-0.2, -0.15) is 4.98 Å². The lowest BCUT2D eigenvalue weighted by Crippen LogP contribution is -2.48. The molecule has 1 atom stereocenters. The maximum Gasteiger partial charge on any atom is 0.273 e. The monoisotopic (exact) mass is 611 g/mol. The van der Waals surface area contributed by atoms with Crippen LogP contribution in [0.25, 0.3) is 11.0 Å². The lowest BCUT2D eigenvalue weighted by Gasteiger charge is -2.33. The minimum absolute atomic E-state index is 0.0673. The van der Waals surface area contributed by atoms with Crippen LogP contribution in [0.3, 0.4) is 0 Å². The molecule has 4 N–H and O–H groups in total. The molecule has 15 heteroatoms. The van der Waals surface area contributed by atoms with Crippen molar-refractivity contribution in [3.8, 4) is 0 Å². The maximum atomic E-state index is 13.2. The molecule has 2 aromatic carbocycles. The molecule has 4 aromatic rings. The third kappa shape index (κ3) is 6.11. The summed E-state index contributed by atoms with van der Waals surface area (Å²) in [6, 6.07) is 12.6. The molecule has 7 rings (SSSR count). The molecule has 2 aliphatic heterocycles. The van der Waals surface area contributed by atoms with Crippen molar-refractivity contribution in [2.75, 3.05) is 49.6 Å². The molecule has 0 radical (unpaired) electrons. The van der Waals surface area contributed by atoms with E-state index in [9.17, 15) is 14.4 Å². The van der Waals surface area contributed by atoms with Crippen molar-refractivity contribution in [2.45, 2.75) is 37.8 Å². The molecule has 232 valence electrons. The number of amides is 3. The molecule has 4 heterocycles. The number of nitrogens with one attached hydrogen (secondary N) is 2. The normalized spacial score (nSPS) is 18.5. The molecule has 2 aromatic heterocycles. The molecule has 0 spiro atoms. The fourth-order valence-electron chi connectivity index (χ4n) is 5.70. The fraction of sp³-hybridized carbons (Fsp3) is 0.400. The van der Waals surface area contributed by atoms with Crippen LogP contribution >= 0.6 is 0 Å². The summed E-state index contributed by atoms with van der Waals surface area (Å²) in [5.41, 5.74) is 8.77. The van der Waals surface area contributed by atoms with Gasteiger partial charge < -0.3 is 30.9 Å². The van der Waals surface area contributed by atoms with Gasteiger partial charge in [0.15, 0.2) is 11.5 Å². The number of hydrogen-bond donors (Lipinski definition) is 3. The number of nitrogens with zero attached hydrogens (tertiary/aromatic N) is 8. The molecule has 45 heavy (non-hydrogen) atoms. The van der Waals surface area contributed by atoms with Crippen molar-refractivity contribution < 1.29 is 19.1 Å². The Balaban J connectivity index is 1.03. The number of benzene rings is 2. The molecule has 0 bridgehead atoms. The Morgan fingerprint density at radius 3 is 2.44 bits per heavy atom. The van der Waals surface area contributed by atoms with Gasteiger partial charge in [0.1, 0.15) is 5.52 Å². The number of hydrogen-bond acceptors (Lipinski definition) is 11. The highest BCUT2D eigenvalue weighted by Gasteiger charge is 2.28. The Morgan fingerprint density at radius 2 is 1.69 bits per heavy atom. The third-order valence-corrected chi connectivity index (χ3v) is 8.27. The Morgan fingerprint density at radius 1 is 0.911 bits per heavy atom. The molecule has 1 aliphatic carbocycles. The van der Waals surface area contributed by atoms with Crippen molar-refractivity contribution in [3.63, 3.8) is 0 Å². The van der Waals surface area contributed by atoms with Crippen molar-refractivity contribution >= 4 is 46.2 Å². The SMILES string of the molecule is NC(=O)c1nnc(N2CCC[C@@H](NC(=O)c3ccc4c(c3)nnn4C3CC3)C2)nc1Nc1ccc(C(=O)N2CCOCC2)cc1. The van der Waals surface area contributed by atoms with E-state index in [1.54, 1.807) is 41.3 Å². The van der Waals surface area contributed by atoms with Crippen LogP contribution in [0.5, 0.6) is 0 Å². The summed E-state index contributed by atoms with van der Waals surface area (Å²) >= 11 is 0. The van der Waals surface area contributed by atoms with Crippen LogP contribution < -0.4 is 21.3 Å². The average molecular weight is 612 g/mol. The number of carbonyl (C=O) groups excluding carboxylic acids is 3. The second kappa shape index (κ2) is 12.1. The third-order valence-electron chi connectivity index (χ3n) is 8.27. The quantitative estimate of drug-likeness (QED) is 0.263. The van der Waals surface area contributed by atoms with E-state index in [2.05, 4.69) is 36.1 Å². The van der Waals surface area contributed by atoms with Gasteiger partial charge in [-0.05, 0) is 68.1 Å². The zero-order valence-electron chi connectivity index (χ0n) is 24.6. The largest absolute Gasteiger partial charge is 0.378 e. The number of ether oxygens (including phenoxy) is 1. The number of fused-ring (bicyclic) bond motifs is 1. The number of nitrogens with two attached hydrogens (primary N) is 1. The average Bonchev–Trinajstić information content (AvgIpc) is 3.83. The number of morpholine rings is 1. The van der Waals surface area contributed by atoms with E-state index in [1.165, 1.54) is 0 Å². The Bertz CT molecular complexity index is 1750. The molecule has 2 saturated heterocycles. The van der Waals surface area contributed by atoms with Gasteiger partial charge in [-0.1, -0.05) is 5.21 Å². The van der Waals surface area contributed by atoms with Crippen LogP contribution in [-0.2, 0) is 4.74 Å². The zero-order valence-corrected chi connectivity index (χ0v) is 24.6. The Labute approximate surface area is 258 Å². The summed E-state index contributed by atoms with van der Waals surface area (Å²) in [7, 11) is 0. The van der Waals surface area contributed by atoms with E-state index in [0.29, 0.717) is 73.7 Å². The summed E-state index contributed by atoms with van der Waals surface area (Å²) in [6.45, 7) is 3.26. The molecule has 15 nitrogen and oxygen atoms in total. The Kier molecular flexibility index (Phi) is 7.67. The number of carbonyl (C=O) groups is 3. The molecule has 1 saturated carbocycles. The zero-order chi connectivity index (χ0) is 30.9. The first kappa shape index (κ1) is 28.6. The number of piperidine rings is 1. The van der Waals surface area contributed by atoms with Gasteiger partial charge in [-0.15, -0.1) is 15.3 Å². The van der Waals surface area contributed by atoms with Crippen molar-refractivity contribution in [2.24, 2.45) is 5.73 Å². The summed E-state index contributed by atoms with van der Waals surface area (Å²) in [5, 5.41) is 23.0. The standard InChI is InChI=1S/C30H33N11O4/c31-26(42)25-27(32-20-6-3-18(4-7-20)29(44)39-12-14-45-15-13-39)34-30(37-36-25)40-11-1-2-21(17-40)33-28(43)19-5-10-24-23(16-19)35-38-41(24)22-8-9-22/h3-7,10,16,21-22H,1-2,8-9,11-15,17H2,(H2,31,42)(H,33,43)(H,32,34,37)/t21-/m1/s1. The van der Waals surface area contributed by atoms with Crippen molar-refractivity contribution in [1.82, 2.24) is 40.4 Å². The predicted molar refractivity (Wildman–Crippen MR) is 163 cm³/mol. The first-order valence-corrected chi connectivity index (χ1v) is 15.1. The van der Waals surface area contributed by atoms with Crippen LogP contribution in [0.2, 0.25) is 0 Å². The minimum Gasteiger partial charge on any atom is -0.378 e. The second-order valence-electron chi connectivity index (χ2n) is 11.5. The summed E-state index contributed by atoms with van der Waals surface area (Å²) in [6.07, 6.45) is 3.79. The first-order chi connectivity index (χ1) is 21.9. The van der Waals surface area contributed by atoms with E-state index in [-0.39, 0.29) is 29.4 Å². The van der Waals surface area contributed by atoms with Crippen LogP contribution in [-0.4, -0.2) is 98.2 Å². The van der Waals surface area contributed by atoms with Crippen molar-refractivity contribution in [3.05, 3.63) is 59.3 Å². The van der Waals surface area contributed by atoms with Gasteiger partial charge in [0.05, 0.1) is 24.8 Å². The summed E-state index contributed by atoms with van der Waals surface area (Å²) < 4.78 is 7.26. The van der Waals surface area contributed by atoms with E-state index < -0.39 is 5.91 Å². The lowest BCUT2D eigenvalue weighted by atomic mass is 10.1. The van der Waals surface area contributed by atoms with Crippen LogP contribution in [0.15, 0.2) is 42.5 Å². The predicted octanol–water partition coefficient (Wildman–Crippen LogP) is 1.66. The molecule has 0 unspecified atom stereocenters. The van der Waals surface area contributed by atoms with Gasteiger partial charge in [-0.25, -0.2) is 4.68 Å². The number of aromatic nitrogens is 6. The molecular weight excluding hydrogens is 578 g/mol. The smallest absolute Gasteiger partial charge is 0.273 e. The molecule has 3 fully saturated rings. The van der Waals surface area contributed by atoms with E-state index in [0.717, 1.165) is 31.2 Å². The highest BCUT2D eigenvalue weighted by Crippen LogP contribution is 2.36. The fourth-order valence-corrected chi connectivity index (χ4v) is 5.70. The molecule has 3 amide bonds. The van der Waals surface area contributed by atoms with Gasteiger partial charge >= 0.3 is 0 Å². The van der Waals surface area contributed by atoms with Crippen LogP contribution in [0.4, 0.5) is 17.5 Å². The maximum absolute atomic E-state index is 13.2. The van der Waals surface area contributed by atoms with E-state index in [1.807, 2.05) is 15.6 Å². The lowest BCUT2D eigenvalue weighted by molar-refractivity contribution is 0.0303. The van der Waals surface area contributed by atoms with E-state index >= 15 is 0 Å². The van der Waals surface area contributed by atoms with Crippen LogP contribution in [0.1, 0.15) is 62.9 Å². The molecular formula is C30H33N11O4. The van der Waals surface area contributed by atoms with Gasteiger partial charge in [0.25, 0.3) is 17.7 Å². The van der Waals surface area contributed by atoms with Gasteiger partial charge in [-0.3, -0.25) is 14.4 Å². The minimum atomic E-state index is -0.777.